The molecular formula is C20H24N2O4. The molecule has 2 aromatic carbocycles. The largest absolute Gasteiger partial charge is 0.494 e. The van der Waals surface area contributed by atoms with Gasteiger partial charge in [-0.25, -0.2) is 0 Å². The Hall–Kier alpha value is -3.02. The Morgan fingerprint density at radius 1 is 0.923 bits per heavy atom. The zero-order chi connectivity index (χ0) is 18.6. The van der Waals surface area contributed by atoms with E-state index in [0.29, 0.717) is 37.4 Å². The molecule has 6 nitrogen and oxygen atoms in total. The Bertz CT molecular complexity index is 704. The fourth-order valence-corrected chi connectivity index (χ4v) is 2.22. The summed E-state index contributed by atoms with van der Waals surface area (Å²) in [4.78, 5) is 23.4. The van der Waals surface area contributed by atoms with Gasteiger partial charge in [0.05, 0.1) is 6.61 Å². The number of nitrogens with one attached hydrogen (secondary N) is 2. The average molecular weight is 356 g/mol. The van der Waals surface area contributed by atoms with Gasteiger partial charge in [-0.2, -0.15) is 0 Å². The molecule has 2 amide bonds. The molecule has 2 rings (SSSR count). The first-order valence-corrected chi connectivity index (χ1v) is 8.64. The third-order valence-corrected chi connectivity index (χ3v) is 3.42. The maximum Gasteiger partial charge on any atom is 0.257 e. The lowest BCUT2D eigenvalue weighted by Crippen LogP contribution is -2.28. The highest BCUT2D eigenvalue weighted by Gasteiger charge is 2.05. The van der Waals surface area contributed by atoms with Crippen molar-refractivity contribution in [3.05, 3.63) is 54.6 Å². The van der Waals surface area contributed by atoms with Crippen molar-refractivity contribution in [2.75, 3.05) is 25.1 Å². The molecule has 0 aliphatic heterocycles. The number of anilines is 1. The van der Waals surface area contributed by atoms with Crippen LogP contribution in [-0.4, -0.2) is 31.6 Å². The molecule has 0 saturated carbocycles. The van der Waals surface area contributed by atoms with E-state index in [1.807, 2.05) is 37.3 Å². The van der Waals surface area contributed by atoms with Gasteiger partial charge in [-0.1, -0.05) is 24.3 Å². The second kappa shape index (κ2) is 10.8. The average Bonchev–Trinajstić information content (AvgIpc) is 2.65. The molecule has 0 spiro atoms. The van der Waals surface area contributed by atoms with E-state index in [9.17, 15) is 9.59 Å². The first-order chi connectivity index (χ1) is 12.7. The van der Waals surface area contributed by atoms with E-state index in [2.05, 4.69) is 10.6 Å². The SMILES string of the molecule is CCNC(=O)COc1cccc(NC(=O)CCCOc2ccccc2)c1. The predicted octanol–water partition coefficient (Wildman–Crippen LogP) is 3.00. The molecule has 0 bridgehead atoms. The van der Waals surface area contributed by atoms with Gasteiger partial charge in [0, 0.05) is 24.7 Å². The molecule has 138 valence electrons. The summed E-state index contributed by atoms with van der Waals surface area (Å²) in [5.74, 6) is 1.05. The normalized spacial score (nSPS) is 10.0. The van der Waals surface area contributed by atoms with E-state index < -0.39 is 0 Å². The van der Waals surface area contributed by atoms with E-state index in [1.165, 1.54) is 0 Å². The maximum absolute atomic E-state index is 12.0. The van der Waals surface area contributed by atoms with Crippen LogP contribution in [0.1, 0.15) is 19.8 Å². The van der Waals surface area contributed by atoms with Crippen LogP contribution in [0.3, 0.4) is 0 Å². The van der Waals surface area contributed by atoms with Crippen molar-refractivity contribution in [2.45, 2.75) is 19.8 Å². The number of likely N-dealkylation sites (N-methyl/N-ethyl adjacent to an activating group) is 1. The van der Waals surface area contributed by atoms with Gasteiger partial charge in [0.15, 0.2) is 6.61 Å². The molecule has 0 aliphatic rings. The number of carbonyl (C=O) groups is 2. The van der Waals surface area contributed by atoms with Crippen molar-refractivity contribution >= 4 is 17.5 Å². The molecule has 26 heavy (non-hydrogen) atoms. The number of hydrogen-bond acceptors (Lipinski definition) is 4. The van der Waals surface area contributed by atoms with Crippen LogP contribution in [0.25, 0.3) is 0 Å². The van der Waals surface area contributed by atoms with Crippen LogP contribution in [-0.2, 0) is 9.59 Å². The highest BCUT2D eigenvalue weighted by molar-refractivity contribution is 5.90. The number of benzene rings is 2. The Kier molecular flexibility index (Phi) is 7.99. The first kappa shape index (κ1) is 19.3. The second-order valence-electron chi connectivity index (χ2n) is 5.58. The van der Waals surface area contributed by atoms with E-state index in [1.54, 1.807) is 24.3 Å². The third kappa shape index (κ3) is 7.25. The number of hydrogen-bond donors (Lipinski definition) is 2. The molecule has 6 heteroatoms. The van der Waals surface area contributed by atoms with Crippen molar-refractivity contribution in [3.8, 4) is 11.5 Å². The minimum Gasteiger partial charge on any atom is -0.494 e. The first-order valence-electron chi connectivity index (χ1n) is 8.64. The van der Waals surface area contributed by atoms with Gasteiger partial charge in [0.25, 0.3) is 5.91 Å². The summed E-state index contributed by atoms with van der Waals surface area (Å²) in [6, 6.07) is 16.5. The second-order valence-corrected chi connectivity index (χ2v) is 5.58. The molecule has 0 radical (unpaired) electrons. The molecule has 0 fully saturated rings. The van der Waals surface area contributed by atoms with Crippen molar-refractivity contribution < 1.29 is 19.1 Å². The third-order valence-electron chi connectivity index (χ3n) is 3.42. The fraction of sp³-hybridized carbons (Fsp3) is 0.300. The van der Waals surface area contributed by atoms with Gasteiger partial charge in [-0.15, -0.1) is 0 Å². The van der Waals surface area contributed by atoms with Gasteiger partial charge >= 0.3 is 0 Å². The van der Waals surface area contributed by atoms with Crippen LogP contribution in [0, 0.1) is 0 Å². The molecule has 0 atom stereocenters. The lowest BCUT2D eigenvalue weighted by Gasteiger charge is -2.09. The van der Waals surface area contributed by atoms with Crippen molar-refractivity contribution in [3.63, 3.8) is 0 Å². The smallest absolute Gasteiger partial charge is 0.257 e. The summed E-state index contributed by atoms with van der Waals surface area (Å²) < 4.78 is 11.0. The molecule has 2 N–H and O–H groups in total. The Morgan fingerprint density at radius 3 is 2.46 bits per heavy atom. The molecule has 0 aromatic heterocycles. The summed E-state index contributed by atoms with van der Waals surface area (Å²) in [5.41, 5.74) is 0.632. The summed E-state index contributed by atoms with van der Waals surface area (Å²) in [6.07, 6.45) is 0.977. The van der Waals surface area contributed by atoms with Crippen LogP contribution in [0.5, 0.6) is 11.5 Å². The summed E-state index contributed by atoms with van der Waals surface area (Å²) in [5, 5.41) is 5.48. The van der Waals surface area contributed by atoms with Crippen molar-refractivity contribution in [1.82, 2.24) is 5.32 Å². The number of carbonyl (C=O) groups excluding carboxylic acids is 2. The molecule has 0 saturated heterocycles. The predicted molar refractivity (Wildman–Crippen MR) is 100 cm³/mol. The summed E-state index contributed by atoms with van der Waals surface area (Å²) in [7, 11) is 0. The number of rotatable bonds is 10. The van der Waals surface area contributed by atoms with Crippen LogP contribution in [0.2, 0.25) is 0 Å². The number of ether oxygens (including phenoxy) is 2. The number of amides is 2. The molecular weight excluding hydrogens is 332 g/mol. The lowest BCUT2D eigenvalue weighted by molar-refractivity contribution is -0.123. The summed E-state index contributed by atoms with van der Waals surface area (Å²) >= 11 is 0. The minimum atomic E-state index is -0.180. The fourth-order valence-electron chi connectivity index (χ4n) is 2.22. The van der Waals surface area contributed by atoms with Crippen molar-refractivity contribution in [2.24, 2.45) is 0 Å². The topological polar surface area (TPSA) is 76.7 Å². The highest BCUT2D eigenvalue weighted by Crippen LogP contribution is 2.17. The zero-order valence-corrected chi connectivity index (χ0v) is 14.9. The maximum atomic E-state index is 12.0. The standard InChI is InChI=1S/C20H24N2O4/c1-2-21-20(24)15-26-18-11-6-8-16(14-18)22-19(23)12-7-13-25-17-9-4-3-5-10-17/h3-6,8-11,14H,2,7,12-13,15H2,1H3,(H,21,24)(H,22,23). The number of para-hydroxylation sites is 1. The van der Waals surface area contributed by atoms with Crippen LogP contribution >= 0.6 is 0 Å². The molecule has 0 aliphatic carbocycles. The van der Waals surface area contributed by atoms with Gasteiger partial charge in [0.1, 0.15) is 11.5 Å². The quantitative estimate of drug-likeness (QED) is 0.642. The van der Waals surface area contributed by atoms with Crippen LogP contribution in [0.15, 0.2) is 54.6 Å². The zero-order valence-electron chi connectivity index (χ0n) is 14.9. The molecule has 2 aromatic rings. The molecule has 0 heterocycles. The van der Waals surface area contributed by atoms with Crippen LogP contribution in [0.4, 0.5) is 5.69 Å². The van der Waals surface area contributed by atoms with Gasteiger partial charge in [-0.05, 0) is 37.6 Å². The van der Waals surface area contributed by atoms with E-state index in [4.69, 9.17) is 9.47 Å². The van der Waals surface area contributed by atoms with E-state index >= 15 is 0 Å². The van der Waals surface area contributed by atoms with Gasteiger partial charge in [0.2, 0.25) is 5.91 Å². The van der Waals surface area contributed by atoms with Gasteiger partial charge in [-0.3, -0.25) is 9.59 Å². The summed E-state index contributed by atoms with van der Waals surface area (Å²) in [6.45, 7) is 2.83. The Balaban J connectivity index is 1.71. The van der Waals surface area contributed by atoms with Crippen LogP contribution < -0.4 is 20.1 Å². The highest BCUT2D eigenvalue weighted by atomic mass is 16.5. The van der Waals surface area contributed by atoms with E-state index in [-0.39, 0.29) is 18.4 Å². The monoisotopic (exact) mass is 356 g/mol. The van der Waals surface area contributed by atoms with Gasteiger partial charge < -0.3 is 20.1 Å². The minimum absolute atomic E-state index is 0.0535. The van der Waals surface area contributed by atoms with Crippen molar-refractivity contribution in [1.29, 1.82) is 0 Å². The molecule has 0 unspecified atom stereocenters. The Labute approximate surface area is 153 Å². The Morgan fingerprint density at radius 2 is 1.69 bits per heavy atom. The lowest BCUT2D eigenvalue weighted by atomic mass is 10.2. The van der Waals surface area contributed by atoms with E-state index in [0.717, 1.165) is 5.75 Å².